The van der Waals surface area contributed by atoms with Crippen molar-refractivity contribution < 1.29 is 9.32 Å². The lowest BCUT2D eigenvalue weighted by Crippen LogP contribution is -2.33. The number of imidazole rings is 1. The molecule has 0 aromatic carbocycles. The third-order valence-electron chi connectivity index (χ3n) is 4.07. The molecule has 0 unspecified atom stereocenters. The molecular weight excluding hydrogens is 308 g/mol. The second kappa shape index (κ2) is 6.23. The van der Waals surface area contributed by atoms with Crippen LogP contribution in [0.2, 0.25) is 0 Å². The Kier molecular flexibility index (Phi) is 3.78. The molecule has 1 amide bonds. The summed E-state index contributed by atoms with van der Waals surface area (Å²) in [5.74, 6) is 0.930. The van der Waals surface area contributed by atoms with E-state index in [2.05, 4.69) is 20.1 Å². The lowest BCUT2D eigenvalue weighted by molar-refractivity contribution is -0.133. The quantitative estimate of drug-likeness (QED) is 0.725. The highest BCUT2D eigenvalue weighted by atomic mass is 16.5. The molecule has 122 valence electrons. The predicted octanol–water partition coefficient (Wildman–Crippen LogP) is 1.69. The van der Waals surface area contributed by atoms with Crippen LogP contribution in [0.5, 0.6) is 0 Å². The summed E-state index contributed by atoms with van der Waals surface area (Å²) in [6.45, 7) is 0.956. The summed E-state index contributed by atoms with van der Waals surface area (Å²) < 4.78 is 7.16. The maximum atomic E-state index is 12.5. The summed E-state index contributed by atoms with van der Waals surface area (Å²) in [4.78, 5) is 27.0. The van der Waals surface area contributed by atoms with Crippen molar-refractivity contribution in [3.8, 4) is 11.5 Å². The van der Waals surface area contributed by atoms with Gasteiger partial charge in [-0.2, -0.15) is 4.98 Å². The van der Waals surface area contributed by atoms with E-state index in [-0.39, 0.29) is 18.5 Å². The van der Waals surface area contributed by atoms with Gasteiger partial charge in [0.15, 0.2) is 0 Å². The Labute approximate surface area is 138 Å². The van der Waals surface area contributed by atoms with Crippen LogP contribution in [0.4, 0.5) is 0 Å². The zero-order valence-electron chi connectivity index (χ0n) is 12.9. The lowest BCUT2D eigenvalue weighted by atomic mass is 10.2. The third-order valence-corrected chi connectivity index (χ3v) is 4.07. The molecule has 0 radical (unpaired) electrons. The van der Waals surface area contributed by atoms with Gasteiger partial charge in [-0.05, 0) is 25.0 Å². The van der Waals surface area contributed by atoms with E-state index in [0.29, 0.717) is 24.0 Å². The second-order valence-electron chi connectivity index (χ2n) is 5.65. The number of amides is 1. The van der Waals surface area contributed by atoms with E-state index >= 15 is 0 Å². The fourth-order valence-electron chi connectivity index (χ4n) is 2.92. The highest BCUT2D eigenvalue weighted by molar-refractivity contribution is 5.76. The van der Waals surface area contributed by atoms with Crippen molar-refractivity contribution in [1.82, 2.24) is 29.6 Å². The van der Waals surface area contributed by atoms with Crippen LogP contribution >= 0.6 is 0 Å². The number of hydrogen-bond acceptors (Lipinski definition) is 6. The largest absolute Gasteiger partial charge is 0.337 e. The number of carbonyl (C=O) groups is 1. The van der Waals surface area contributed by atoms with E-state index in [4.69, 9.17) is 4.52 Å². The number of pyridine rings is 1. The molecular formula is C16H16N6O2. The normalized spacial score (nSPS) is 17.3. The number of carbonyl (C=O) groups excluding carboxylic acids is 1. The zero-order chi connectivity index (χ0) is 16.4. The summed E-state index contributed by atoms with van der Waals surface area (Å²) in [7, 11) is 0. The van der Waals surface area contributed by atoms with Gasteiger partial charge in [-0.15, -0.1) is 0 Å². The second-order valence-corrected chi connectivity index (χ2v) is 5.65. The molecule has 1 aliphatic rings. The SMILES string of the molecule is O=C(Cn1ccnc1)N1CCC[C@H]1c1nc(-c2ccccn2)no1. The first-order valence-corrected chi connectivity index (χ1v) is 7.81. The Morgan fingerprint density at radius 2 is 2.29 bits per heavy atom. The molecule has 8 nitrogen and oxygen atoms in total. The summed E-state index contributed by atoms with van der Waals surface area (Å²) >= 11 is 0. The van der Waals surface area contributed by atoms with Crippen molar-refractivity contribution in [2.75, 3.05) is 6.54 Å². The Hall–Kier alpha value is -3.03. The van der Waals surface area contributed by atoms with Crippen LogP contribution in [0.25, 0.3) is 11.5 Å². The molecule has 3 aromatic heterocycles. The van der Waals surface area contributed by atoms with E-state index in [1.54, 1.807) is 34.4 Å². The first kappa shape index (κ1) is 14.6. The summed E-state index contributed by atoms with van der Waals surface area (Å²) in [6, 6.07) is 5.35. The Bertz CT molecular complexity index is 814. The van der Waals surface area contributed by atoms with E-state index in [0.717, 1.165) is 12.8 Å². The minimum atomic E-state index is -0.175. The molecule has 8 heteroatoms. The monoisotopic (exact) mass is 324 g/mol. The molecule has 0 spiro atoms. The van der Waals surface area contributed by atoms with E-state index in [1.165, 1.54) is 0 Å². The van der Waals surface area contributed by atoms with Crippen LogP contribution in [-0.4, -0.2) is 42.0 Å². The molecule has 4 heterocycles. The van der Waals surface area contributed by atoms with E-state index in [9.17, 15) is 4.79 Å². The van der Waals surface area contributed by atoms with Gasteiger partial charge in [0.05, 0.1) is 6.33 Å². The van der Waals surface area contributed by atoms with Crippen LogP contribution in [-0.2, 0) is 11.3 Å². The molecule has 0 aliphatic carbocycles. The van der Waals surface area contributed by atoms with Gasteiger partial charge in [0.2, 0.25) is 17.6 Å². The Balaban J connectivity index is 1.53. The molecule has 0 saturated carbocycles. The van der Waals surface area contributed by atoms with Gasteiger partial charge in [-0.1, -0.05) is 11.2 Å². The van der Waals surface area contributed by atoms with Gasteiger partial charge in [0, 0.05) is 25.1 Å². The van der Waals surface area contributed by atoms with Crippen LogP contribution in [0.1, 0.15) is 24.8 Å². The van der Waals surface area contributed by atoms with Gasteiger partial charge in [-0.25, -0.2) is 4.98 Å². The first-order valence-electron chi connectivity index (χ1n) is 7.81. The molecule has 1 atom stereocenters. The highest BCUT2D eigenvalue weighted by Crippen LogP contribution is 2.32. The minimum Gasteiger partial charge on any atom is -0.337 e. The van der Waals surface area contributed by atoms with Gasteiger partial charge >= 0.3 is 0 Å². The van der Waals surface area contributed by atoms with E-state index < -0.39 is 0 Å². The average Bonchev–Trinajstić information content (AvgIpc) is 3.36. The molecule has 4 rings (SSSR count). The summed E-state index contributed by atoms with van der Waals surface area (Å²) in [5, 5.41) is 4.00. The Morgan fingerprint density at radius 1 is 1.33 bits per heavy atom. The summed E-state index contributed by atoms with van der Waals surface area (Å²) in [5.41, 5.74) is 0.654. The number of hydrogen-bond donors (Lipinski definition) is 0. The van der Waals surface area contributed by atoms with Crippen LogP contribution in [0, 0.1) is 0 Å². The molecule has 1 aliphatic heterocycles. The maximum Gasteiger partial charge on any atom is 0.249 e. The van der Waals surface area contributed by atoms with Crippen molar-refractivity contribution in [2.24, 2.45) is 0 Å². The maximum absolute atomic E-state index is 12.5. The van der Waals surface area contributed by atoms with Crippen molar-refractivity contribution in [3.05, 3.63) is 49.0 Å². The van der Waals surface area contributed by atoms with Gasteiger partial charge in [0.1, 0.15) is 18.3 Å². The van der Waals surface area contributed by atoms with Crippen molar-refractivity contribution in [1.29, 1.82) is 0 Å². The van der Waals surface area contributed by atoms with E-state index in [1.807, 2.05) is 18.2 Å². The van der Waals surface area contributed by atoms with Crippen LogP contribution < -0.4 is 0 Å². The topological polar surface area (TPSA) is 89.9 Å². The average molecular weight is 324 g/mol. The number of aromatic nitrogens is 5. The van der Waals surface area contributed by atoms with Gasteiger partial charge < -0.3 is 14.0 Å². The third kappa shape index (κ3) is 2.78. The molecule has 0 bridgehead atoms. The molecule has 0 N–H and O–H groups in total. The van der Waals surface area contributed by atoms with Crippen molar-refractivity contribution in [2.45, 2.75) is 25.4 Å². The van der Waals surface area contributed by atoms with Crippen molar-refractivity contribution >= 4 is 5.91 Å². The number of likely N-dealkylation sites (tertiary alicyclic amines) is 1. The minimum absolute atomic E-state index is 0.0214. The Morgan fingerprint density at radius 3 is 3.08 bits per heavy atom. The summed E-state index contributed by atoms with van der Waals surface area (Å²) in [6.07, 6.45) is 8.48. The fourth-order valence-corrected chi connectivity index (χ4v) is 2.92. The van der Waals surface area contributed by atoms with Crippen LogP contribution in [0.3, 0.4) is 0 Å². The highest BCUT2D eigenvalue weighted by Gasteiger charge is 2.34. The van der Waals surface area contributed by atoms with Crippen LogP contribution in [0.15, 0.2) is 47.6 Å². The molecule has 1 saturated heterocycles. The number of rotatable bonds is 4. The van der Waals surface area contributed by atoms with Gasteiger partial charge in [-0.3, -0.25) is 9.78 Å². The molecule has 1 fully saturated rings. The smallest absolute Gasteiger partial charge is 0.249 e. The predicted molar refractivity (Wildman–Crippen MR) is 83.4 cm³/mol. The zero-order valence-corrected chi connectivity index (χ0v) is 12.9. The standard InChI is InChI=1S/C16H16N6O2/c23-14(10-21-9-7-17-11-21)22-8-3-5-13(22)16-19-15(20-24-16)12-4-1-2-6-18-12/h1-2,4,6-7,9,11,13H,3,5,8,10H2/t13-/m0/s1. The number of nitrogens with zero attached hydrogens (tertiary/aromatic N) is 6. The first-order chi connectivity index (χ1) is 11.8. The fraction of sp³-hybridized carbons (Fsp3) is 0.312. The molecule has 3 aromatic rings. The lowest BCUT2D eigenvalue weighted by Gasteiger charge is -2.21. The molecule has 24 heavy (non-hydrogen) atoms. The van der Waals surface area contributed by atoms with Gasteiger partial charge in [0.25, 0.3) is 0 Å². The van der Waals surface area contributed by atoms with Crippen molar-refractivity contribution in [3.63, 3.8) is 0 Å².